The molecule has 3 N–H and O–H groups in total. The molecule has 0 saturated heterocycles. The van der Waals surface area contributed by atoms with Crippen molar-refractivity contribution in [1.82, 2.24) is 9.78 Å². The molecular weight excluding hydrogens is 178 g/mol. The van der Waals surface area contributed by atoms with Crippen molar-refractivity contribution in [3.05, 3.63) is 11.8 Å². The van der Waals surface area contributed by atoms with Gasteiger partial charge in [-0.1, -0.05) is 0 Å². The van der Waals surface area contributed by atoms with Crippen molar-refractivity contribution in [1.29, 1.82) is 5.41 Å². The summed E-state index contributed by atoms with van der Waals surface area (Å²) >= 11 is 0. The molecule has 0 spiro atoms. The van der Waals surface area contributed by atoms with Gasteiger partial charge in [-0.2, -0.15) is 5.10 Å². The Kier molecular flexibility index (Phi) is 2.15. The number of aryl methyl sites for hydroxylation is 1. The summed E-state index contributed by atoms with van der Waals surface area (Å²) in [7, 11) is 2.05. The summed E-state index contributed by atoms with van der Waals surface area (Å²) in [4.78, 5) is 2.18. The smallest absolute Gasteiger partial charge is 0.130 e. The monoisotopic (exact) mass is 193 g/mol. The van der Waals surface area contributed by atoms with Crippen molar-refractivity contribution in [2.45, 2.75) is 19.4 Å². The summed E-state index contributed by atoms with van der Waals surface area (Å²) in [6.45, 7) is 2.02. The fraction of sp³-hybridized carbons (Fsp3) is 0.556. The minimum atomic E-state index is 0.194. The largest absolute Gasteiger partial charge is 0.387 e. The molecule has 0 atom stereocenters. The number of nitrogens with zero attached hydrogens (tertiary/aromatic N) is 3. The number of hydrogen-bond donors (Lipinski definition) is 2. The fourth-order valence-electron chi connectivity index (χ4n) is 1.92. The third kappa shape index (κ3) is 1.45. The Hall–Kier alpha value is -1.52. The molecule has 0 fully saturated rings. The van der Waals surface area contributed by atoms with E-state index in [0.717, 1.165) is 30.9 Å². The highest BCUT2D eigenvalue weighted by Crippen LogP contribution is 2.23. The zero-order valence-corrected chi connectivity index (χ0v) is 8.32. The predicted molar refractivity (Wildman–Crippen MR) is 55.7 cm³/mol. The van der Waals surface area contributed by atoms with Gasteiger partial charge < -0.3 is 10.6 Å². The molecule has 1 aromatic heterocycles. The van der Waals surface area contributed by atoms with Crippen LogP contribution in [-0.2, 0) is 13.0 Å². The molecular formula is C9H15N5. The molecule has 0 aliphatic carbocycles. The normalized spacial score (nSPS) is 15.4. The van der Waals surface area contributed by atoms with Gasteiger partial charge in [-0.25, -0.2) is 4.68 Å². The van der Waals surface area contributed by atoms with Crippen LogP contribution in [0.25, 0.3) is 0 Å². The van der Waals surface area contributed by atoms with Crippen LogP contribution in [0.5, 0.6) is 0 Å². The number of hydrogen-bond acceptors (Lipinski definition) is 3. The SMILES string of the molecule is CN1CCCn2ncc(CC(=N)N)c21. The van der Waals surface area contributed by atoms with Gasteiger partial charge in [0.25, 0.3) is 0 Å². The number of amidine groups is 1. The lowest BCUT2D eigenvalue weighted by atomic mass is 10.2. The Bertz CT molecular complexity index is 354. The lowest BCUT2D eigenvalue weighted by molar-refractivity contribution is 0.532. The summed E-state index contributed by atoms with van der Waals surface area (Å²) in [5, 5.41) is 11.6. The van der Waals surface area contributed by atoms with Crippen LogP contribution in [0.1, 0.15) is 12.0 Å². The summed E-state index contributed by atoms with van der Waals surface area (Å²) in [5.41, 5.74) is 6.45. The molecule has 0 bridgehead atoms. The second kappa shape index (κ2) is 3.32. The van der Waals surface area contributed by atoms with E-state index >= 15 is 0 Å². The maximum absolute atomic E-state index is 7.28. The van der Waals surface area contributed by atoms with Crippen molar-refractivity contribution in [2.75, 3.05) is 18.5 Å². The van der Waals surface area contributed by atoms with Crippen LogP contribution in [-0.4, -0.2) is 29.2 Å². The summed E-state index contributed by atoms with van der Waals surface area (Å²) in [6, 6.07) is 0. The van der Waals surface area contributed by atoms with Crippen molar-refractivity contribution in [3.8, 4) is 0 Å². The minimum Gasteiger partial charge on any atom is -0.387 e. The minimum absolute atomic E-state index is 0.194. The van der Waals surface area contributed by atoms with E-state index in [0.29, 0.717) is 6.42 Å². The zero-order valence-electron chi connectivity index (χ0n) is 8.32. The van der Waals surface area contributed by atoms with Gasteiger partial charge in [0.2, 0.25) is 0 Å². The first-order valence-corrected chi connectivity index (χ1v) is 4.77. The maximum atomic E-state index is 7.28. The van der Waals surface area contributed by atoms with Crippen LogP contribution >= 0.6 is 0 Å². The number of nitrogens with two attached hydrogens (primary N) is 1. The molecule has 2 heterocycles. The Morgan fingerprint density at radius 3 is 3.14 bits per heavy atom. The summed E-state index contributed by atoms with van der Waals surface area (Å²) < 4.78 is 1.99. The quantitative estimate of drug-likeness (QED) is 0.520. The number of anilines is 1. The van der Waals surface area contributed by atoms with E-state index in [1.165, 1.54) is 0 Å². The lowest BCUT2D eigenvalue weighted by Gasteiger charge is -2.26. The highest BCUT2D eigenvalue weighted by Gasteiger charge is 2.18. The molecule has 14 heavy (non-hydrogen) atoms. The number of rotatable bonds is 2. The highest BCUT2D eigenvalue weighted by molar-refractivity contribution is 5.80. The zero-order chi connectivity index (χ0) is 10.1. The van der Waals surface area contributed by atoms with Crippen LogP contribution in [0.3, 0.4) is 0 Å². The number of nitrogens with one attached hydrogen (secondary N) is 1. The third-order valence-electron chi connectivity index (χ3n) is 2.49. The van der Waals surface area contributed by atoms with Crippen molar-refractivity contribution in [3.63, 3.8) is 0 Å². The lowest BCUT2D eigenvalue weighted by Crippen LogP contribution is -2.29. The molecule has 2 rings (SSSR count). The van der Waals surface area contributed by atoms with Crippen LogP contribution in [0.2, 0.25) is 0 Å². The highest BCUT2D eigenvalue weighted by atomic mass is 15.4. The fourth-order valence-corrected chi connectivity index (χ4v) is 1.92. The Labute approximate surface area is 83.0 Å². The molecule has 1 aromatic rings. The predicted octanol–water partition coefficient (Wildman–Crippen LogP) is 0.201. The Balaban J connectivity index is 2.33. The van der Waals surface area contributed by atoms with E-state index in [4.69, 9.17) is 11.1 Å². The summed E-state index contributed by atoms with van der Waals surface area (Å²) in [6.07, 6.45) is 3.45. The molecule has 0 aromatic carbocycles. The molecule has 0 amide bonds. The van der Waals surface area contributed by atoms with Gasteiger partial charge in [0, 0.05) is 32.1 Å². The summed E-state index contributed by atoms with van der Waals surface area (Å²) in [5.74, 6) is 1.31. The second-order valence-electron chi connectivity index (χ2n) is 3.69. The molecule has 5 nitrogen and oxygen atoms in total. The standard InChI is InChI=1S/C9H15N5/c1-13-3-2-4-14-9(13)7(6-12-14)5-8(10)11/h6H,2-5H2,1H3,(H3,10,11). The molecule has 0 radical (unpaired) electrons. The van der Waals surface area contributed by atoms with Crippen LogP contribution in [0.15, 0.2) is 6.20 Å². The molecule has 5 heteroatoms. The van der Waals surface area contributed by atoms with E-state index in [1.54, 1.807) is 0 Å². The number of fused-ring (bicyclic) bond motifs is 1. The van der Waals surface area contributed by atoms with Crippen molar-refractivity contribution >= 4 is 11.7 Å². The van der Waals surface area contributed by atoms with E-state index in [2.05, 4.69) is 17.0 Å². The molecule has 1 aliphatic heterocycles. The molecule has 0 unspecified atom stereocenters. The average Bonchev–Trinajstić information content (AvgIpc) is 2.49. The van der Waals surface area contributed by atoms with E-state index in [9.17, 15) is 0 Å². The van der Waals surface area contributed by atoms with Gasteiger partial charge in [-0.3, -0.25) is 5.41 Å². The van der Waals surface area contributed by atoms with E-state index in [1.807, 2.05) is 10.9 Å². The maximum Gasteiger partial charge on any atom is 0.130 e. The van der Waals surface area contributed by atoms with E-state index in [-0.39, 0.29) is 5.84 Å². The molecule has 76 valence electrons. The van der Waals surface area contributed by atoms with Gasteiger partial charge in [-0.15, -0.1) is 0 Å². The van der Waals surface area contributed by atoms with Crippen LogP contribution < -0.4 is 10.6 Å². The van der Waals surface area contributed by atoms with Crippen LogP contribution in [0.4, 0.5) is 5.82 Å². The van der Waals surface area contributed by atoms with Gasteiger partial charge >= 0.3 is 0 Å². The van der Waals surface area contributed by atoms with Gasteiger partial charge in [0.15, 0.2) is 0 Å². The van der Waals surface area contributed by atoms with Crippen molar-refractivity contribution < 1.29 is 0 Å². The third-order valence-corrected chi connectivity index (χ3v) is 2.49. The van der Waals surface area contributed by atoms with Crippen LogP contribution in [0, 0.1) is 5.41 Å². The topological polar surface area (TPSA) is 70.9 Å². The first kappa shape index (κ1) is 9.05. The average molecular weight is 193 g/mol. The number of aromatic nitrogens is 2. The van der Waals surface area contributed by atoms with Crippen molar-refractivity contribution in [2.24, 2.45) is 5.73 Å². The first-order valence-electron chi connectivity index (χ1n) is 4.77. The molecule has 1 aliphatic rings. The van der Waals surface area contributed by atoms with Gasteiger partial charge in [0.1, 0.15) is 5.82 Å². The Morgan fingerprint density at radius 1 is 1.64 bits per heavy atom. The van der Waals surface area contributed by atoms with Gasteiger partial charge in [0.05, 0.1) is 12.0 Å². The Morgan fingerprint density at radius 2 is 2.43 bits per heavy atom. The van der Waals surface area contributed by atoms with E-state index < -0.39 is 0 Å². The molecule has 0 saturated carbocycles. The second-order valence-corrected chi connectivity index (χ2v) is 3.69. The first-order chi connectivity index (χ1) is 6.68. The van der Waals surface area contributed by atoms with Gasteiger partial charge in [-0.05, 0) is 6.42 Å².